The van der Waals surface area contributed by atoms with Gasteiger partial charge in [-0.15, -0.1) is 0 Å². The van der Waals surface area contributed by atoms with Gasteiger partial charge in [0.2, 0.25) is 0 Å². The van der Waals surface area contributed by atoms with Crippen molar-refractivity contribution in [3.63, 3.8) is 0 Å². The molecule has 1 fully saturated rings. The van der Waals surface area contributed by atoms with Gasteiger partial charge in [0, 0.05) is 6.04 Å². The van der Waals surface area contributed by atoms with Crippen LogP contribution in [0.15, 0.2) is 22.8 Å². The normalized spacial score (nSPS) is 30.4. The second kappa shape index (κ2) is 4.20. The average Bonchev–Trinajstić information content (AvgIpc) is 2.74. The molecule has 2 N–H and O–H groups in total. The third-order valence-corrected chi connectivity index (χ3v) is 4.47. The number of hydrogen-bond donors (Lipinski definition) is 2. The Balaban J connectivity index is 2.01. The summed E-state index contributed by atoms with van der Waals surface area (Å²) in [5.74, 6) is 0.561. The minimum absolute atomic E-state index is 0.0147. The summed E-state index contributed by atoms with van der Waals surface area (Å²) in [7, 11) is -3.10. The third-order valence-electron chi connectivity index (χ3n) is 2.76. The highest BCUT2D eigenvalue weighted by atomic mass is 32.2. The van der Waals surface area contributed by atoms with E-state index in [0.717, 1.165) is 5.76 Å². The molecule has 16 heavy (non-hydrogen) atoms. The molecule has 0 aliphatic carbocycles. The molecule has 1 aromatic rings. The monoisotopic (exact) mass is 245 g/mol. The predicted octanol–water partition coefficient (Wildman–Crippen LogP) is 0.0881. The van der Waals surface area contributed by atoms with Gasteiger partial charge in [-0.3, -0.25) is 0 Å². The molecule has 1 saturated heterocycles. The van der Waals surface area contributed by atoms with Crippen LogP contribution < -0.4 is 5.32 Å². The first-order valence-electron chi connectivity index (χ1n) is 5.16. The van der Waals surface area contributed by atoms with Gasteiger partial charge in [-0.05, 0) is 19.1 Å². The first-order chi connectivity index (χ1) is 7.48. The van der Waals surface area contributed by atoms with Crippen molar-refractivity contribution in [2.75, 3.05) is 11.5 Å². The van der Waals surface area contributed by atoms with Crippen LogP contribution in [0.3, 0.4) is 0 Å². The maximum absolute atomic E-state index is 11.3. The van der Waals surface area contributed by atoms with Crippen LogP contribution in [0.1, 0.15) is 18.7 Å². The van der Waals surface area contributed by atoms with Gasteiger partial charge >= 0.3 is 0 Å². The number of rotatable bonds is 3. The van der Waals surface area contributed by atoms with Gasteiger partial charge < -0.3 is 14.8 Å². The Labute approximate surface area is 94.4 Å². The summed E-state index contributed by atoms with van der Waals surface area (Å²) in [6, 6.07) is 3.07. The van der Waals surface area contributed by atoms with Crippen molar-refractivity contribution >= 4 is 9.84 Å². The van der Waals surface area contributed by atoms with Crippen LogP contribution in [0, 0.1) is 0 Å². The van der Waals surface area contributed by atoms with Gasteiger partial charge in [0.25, 0.3) is 0 Å². The Morgan fingerprint density at radius 2 is 2.31 bits per heavy atom. The molecule has 1 aliphatic heterocycles. The smallest absolute Gasteiger partial charge is 0.154 e. The van der Waals surface area contributed by atoms with E-state index in [0.29, 0.717) is 0 Å². The molecular formula is C10H15NO4S. The van der Waals surface area contributed by atoms with Crippen molar-refractivity contribution < 1.29 is 17.9 Å². The van der Waals surface area contributed by atoms with E-state index in [1.54, 1.807) is 12.3 Å². The van der Waals surface area contributed by atoms with E-state index >= 15 is 0 Å². The summed E-state index contributed by atoms with van der Waals surface area (Å²) < 4.78 is 27.8. The van der Waals surface area contributed by atoms with Crippen LogP contribution in [0.2, 0.25) is 0 Å². The molecule has 0 amide bonds. The third kappa shape index (κ3) is 2.45. The Kier molecular flexibility index (Phi) is 3.05. The molecular weight excluding hydrogens is 230 g/mol. The largest absolute Gasteiger partial charge is 0.468 e. The maximum Gasteiger partial charge on any atom is 0.154 e. The van der Waals surface area contributed by atoms with E-state index in [1.807, 2.05) is 13.0 Å². The Morgan fingerprint density at radius 1 is 1.56 bits per heavy atom. The predicted molar refractivity (Wildman–Crippen MR) is 58.7 cm³/mol. The Hall–Kier alpha value is -0.850. The van der Waals surface area contributed by atoms with Gasteiger partial charge in [-0.2, -0.15) is 0 Å². The average molecular weight is 245 g/mol. The first kappa shape index (κ1) is 11.6. The number of sulfone groups is 1. The van der Waals surface area contributed by atoms with Crippen LogP contribution in [0.4, 0.5) is 0 Å². The fourth-order valence-electron chi connectivity index (χ4n) is 1.93. The van der Waals surface area contributed by atoms with Crippen molar-refractivity contribution in [3.05, 3.63) is 24.2 Å². The van der Waals surface area contributed by atoms with E-state index < -0.39 is 22.0 Å². The quantitative estimate of drug-likeness (QED) is 0.789. The summed E-state index contributed by atoms with van der Waals surface area (Å²) in [5, 5.41) is 12.7. The molecule has 0 aromatic carbocycles. The highest BCUT2D eigenvalue weighted by Gasteiger charge is 2.37. The van der Waals surface area contributed by atoms with Crippen molar-refractivity contribution in [1.82, 2.24) is 5.32 Å². The molecule has 3 unspecified atom stereocenters. The molecule has 5 nitrogen and oxygen atoms in total. The lowest BCUT2D eigenvalue weighted by Crippen LogP contribution is -2.40. The lowest BCUT2D eigenvalue weighted by Gasteiger charge is -2.19. The van der Waals surface area contributed by atoms with Crippen LogP contribution in [0.25, 0.3) is 0 Å². The second-order valence-corrected chi connectivity index (χ2v) is 6.31. The highest BCUT2D eigenvalue weighted by Crippen LogP contribution is 2.18. The highest BCUT2D eigenvalue weighted by molar-refractivity contribution is 7.91. The summed E-state index contributed by atoms with van der Waals surface area (Å²) in [6.07, 6.45) is 0.734. The fraction of sp³-hybridized carbons (Fsp3) is 0.600. The lowest BCUT2D eigenvalue weighted by atomic mass is 10.1. The minimum Gasteiger partial charge on any atom is -0.468 e. The SMILES string of the molecule is CC(NC1CS(=O)(=O)CC1O)c1ccco1. The minimum atomic E-state index is -3.10. The fourth-order valence-corrected chi connectivity index (χ4v) is 3.68. The number of hydrogen-bond acceptors (Lipinski definition) is 5. The molecule has 1 aliphatic rings. The Bertz CT molecular complexity index is 439. The zero-order valence-electron chi connectivity index (χ0n) is 8.96. The van der Waals surface area contributed by atoms with Crippen LogP contribution in [0.5, 0.6) is 0 Å². The van der Waals surface area contributed by atoms with E-state index in [-0.39, 0.29) is 17.5 Å². The van der Waals surface area contributed by atoms with Crippen molar-refractivity contribution in [2.24, 2.45) is 0 Å². The molecule has 3 atom stereocenters. The van der Waals surface area contributed by atoms with Crippen molar-refractivity contribution in [2.45, 2.75) is 25.1 Å². The van der Waals surface area contributed by atoms with Crippen LogP contribution >= 0.6 is 0 Å². The number of aliphatic hydroxyl groups excluding tert-OH is 1. The van der Waals surface area contributed by atoms with E-state index in [9.17, 15) is 13.5 Å². The second-order valence-electron chi connectivity index (χ2n) is 4.15. The maximum atomic E-state index is 11.3. The van der Waals surface area contributed by atoms with Crippen LogP contribution in [-0.2, 0) is 9.84 Å². The Morgan fingerprint density at radius 3 is 2.81 bits per heavy atom. The molecule has 0 saturated carbocycles. The van der Waals surface area contributed by atoms with E-state index in [1.165, 1.54) is 0 Å². The molecule has 0 bridgehead atoms. The zero-order chi connectivity index (χ0) is 11.8. The summed E-state index contributed by atoms with van der Waals surface area (Å²) in [6.45, 7) is 1.87. The van der Waals surface area contributed by atoms with Gasteiger partial charge in [-0.25, -0.2) is 8.42 Å². The number of nitrogens with one attached hydrogen (secondary N) is 1. The number of aliphatic hydroxyl groups is 1. The molecule has 2 rings (SSSR count). The van der Waals surface area contributed by atoms with Crippen LogP contribution in [-0.4, -0.2) is 37.2 Å². The zero-order valence-corrected chi connectivity index (χ0v) is 9.78. The molecule has 6 heteroatoms. The topological polar surface area (TPSA) is 79.5 Å². The standard InChI is InChI=1S/C10H15NO4S/c1-7(10-3-2-4-15-10)11-8-5-16(13,14)6-9(8)12/h2-4,7-9,11-12H,5-6H2,1H3. The molecule has 1 aromatic heterocycles. The van der Waals surface area contributed by atoms with Gasteiger partial charge in [0.15, 0.2) is 9.84 Å². The van der Waals surface area contributed by atoms with E-state index in [4.69, 9.17) is 4.42 Å². The van der Waals surface area contributed by atoms with Gasteiger partial charge in [0.1, 0.15) is 5.76 Å². The number of furan rings is 1. The molecule has 0 spiro atoms. The van der Waals surface area contributed by atoms with Gasteiger partial charge in [-0.1, -0.05) is 0 Å². The van der Waals surface area contributed by atoms with Crippen molar-refractivity contribution in [3.8, 4) is 0 Å². The summed E-state index contributed by atoms with van der Waals surface area (Å²) in [5.41, 5.74) is 0. The lowest BCUT2D eigenvalue weighted by molar-refractivity contribution is 0.158. The molecule has 0 radical (unpaired) electrons. The summed E-state index contributed by atoms with van der Waals surface area (Å²) >= 11 is 0. The summed E-state index contributed by atoms with van der Waals surface area (Å²) in [4.78, 5) is 0. The van der Waals surface area contributed by atoms with Gasteiger partial charge in [0.05, 0.1) is 29.9 Å². The first-order valence-corrected chi connectivity index (χ1v) is 6.98. The van der Waals surface area contributed by atoms with E-state index in [2.05, 4.69) is 5.32 Å². The molecule has 2 heterocycles. The molecule has 90 valence electrons. The van der Waals surface area contributed by atoms with Crippen molar-refractivity contribution in [1.29, 1.82) is 0 Å².